The molecule has 1 heterocycles. The van der Waals surface area contributed by atoms with E-state index in [9.17, 15) is 4.79 Å². The molecule has 2 aromatic rings. The Morgan fingerprint density at radius 2 is 2.10 bits per heavy atom. The third-order valence-electron chi connectivity index (χ3n) is 2.79. The Balaban J connectivity index is 2.41. The van der Waals surface area contributed by atoms with Gasteiger partial charge in [-0.05, 0) is 31.3 Å². The molecule has 0 fully saturated rings. The highest BCUT2D eigenvalue weighted by Crippen LogP contribution is 2.28. The Hall–Kier alpha value is -1.41. The van der Waals surface area contributed by atoms with E-state index in [1.54, 1.807) is 11.5 Å². The maximum absolute atomic E-state index is 11.9. The normalized spacial score (nSPS) is 10.8. The molecule has 112 valence electrons. The Labute approximate surface area is 131 Å². The smallest absolute Gasteiger partial charge is 0.255 e. The molecule has 2 N–H and O–H groups in total. The lowest BCUT2D eigenvalue weighted by Gasteiger charge is -2.15. The first-order valence-electron chi connectivity index (χ1n) is 6.38. The van der Waals surface area contributed by atoms with Crippen LogP contribution in [0.2, 0.25) is 0 Å². The summed E-state index contributed by atoms with van der Waals surface area (Å²) in [4.78, 5) is 15.5. The molecule has 7 heteroatoms. The predicted molar refractivity (Wildman–Crippen MR) is 84.2 cm³/mol. The SMILES string of the molecule is Cc1c(Sc2ccccc2)n(COCCO)c(=S)[nH]c1=O. The van der Waals surface area contributed by atoms with E-state index in [0.717, 1.165) is 9.92 Å². The van der Waals surface area contributed by atoms with Crippen LogP contribution in [0.3, 0.4) is 0 Å². The van der Waals surface area contributed by atoms with Gasteiger partial charge in [0.05, 0.1) is 18.2 Å². The average Bonchev–Trinajstić information content (AvgIpc) is 2.49. The maximum atomic E-state index is 11.9. The van der Waals surface area contributed by atoms with Gasteiger partial charge in [0.25, 0.3) is 5.56 Å². The van der Waals surface area contributed by atoms with Gasteiger partial charge in [-0.15, -0.1) is 0 Å². The zero-order valence-corrected chi connectivity index (χ0v) is 13.2. The first kappa shape index (κ1) is 16.0. The minimum absolute atomic E-state index is 0.0587. The largest absolute Gasteiger partial charge is 0.394 e. The zero-order chi connectivity index (χ0) is 15.2. The van der Waals surface area contributed by atoms with Crippen LogP contribution in [-0.4, -0.2) is 27.9 Å². The number of aromatic nitrogens is 2. The van der Waals surface area contributed by atoms with Crippen LogP contribution in [0.15, 0.2) is 45.0 Å². The molecule has 5 nitrogen and oxygen atoms in total. The summed E-state index contributed by atoms with van der Waals surface area (Å²) in [5, 5.41) is 9.54. The van der Waals surface area contributed by atoms with Crippen LogP contribution in [0.1, 0.15) is 5.56 Å². The number of rotatable bonds is 6. The molecule has 0 bridgehead atoms. The summed E-state index contributed by atoms with van der Waals surface area (Å²) >= 11 is 6.67. The quantitative estimate of drug-likeness (QED) is 0.485. The molecule has 0 saturated heterocycles. The lowest BCUT2D eigenvalue weighted by Crippen LogP contribution is -2.20. The maximum Gasteiger partial charge on any atom is 0.255 e. The number of hydrogen-bond acceptors (Lipinski definition) is 5. The number of nitrogens with zero attached hydrogens (tertiary/aromatic N) is 1. The number of aliphatic hydroxyl groups excluding tert-OH is 1. The van der Waals surface area contributed by atoms with Crippen molar-refractivity contribution in [2.45, 2.75) is 23.6 Å². The average molecular weight is 324 g/mol. The fourth-order valence-electron chi connectivity index (χ4n) is 1.72. The van der Waals surface area contributed by atoms with Crippen LogP contribution >= 0.6 is 24.0 Å². The monoisotopic (exact) mass is 324 g/mol. The molecule has 0 atom stereocenters. The van der Waals surface area contributed by atoms with Gasteiger partial charge >= 0.3 is 0 Å². The number of ether oxygens (including phenoxy) is 1. The molecular weight excluding hydrogens is 308 g/mol. The van der Waals surface area contributed by atoms with E-state index < -0.39 is 0 Å². The summed E-state index contributed by atoms with van der Waals surface area (Å²) in [5.74, 6) is 0. The first-order valence-corrected chi connectivity index (χ1v) is 7.61. The highest BCUT2D eigenvalue weighted by Gasteiger charge is 2.11. The zero-order valence-electron chi connectivity index (χ0n) is 11.5. The van der Waals surface area contributed by atoms with E-state index in [1.807, 2.05) is 30.3 Å². The molecular formula is C14H16N2O3S2. The van der Waals surface area contributed by atoms with Gasteiger partial charge in [-0.2, -0.15) is 0 Å². The van der Waals surface area contributed by atoms with Crippen molar-refractivity contribution < 1.29 is 9.84 Å². The Morgan fingerprint density at radius 1 is 1.38 bits per heavy atom. The summed E-state index contributed by atoms with van der Waals surface area (Å²) in [5.41, 5.74) is 0.391. The minimum Gasteiger partial charge on any atom is -0.394 e. The number of aromatic amines is 1. The van der Waals surface area contributed by atoms with Crippen LogP contribution in [0.25, 0.3) is 0 Å². The van der Waals surface area contributed by atoms with Crippen molar-refractivity contribution in [3.05, 3.63) is 51.0 Å². The summed E-state index contributed by atoms with van der Waals surface area (Å²) < 4.78 is 7.36. The van der Waals surface area contributed by atoms with Gasteiger partial charge in [0.15, 0.2) is 4.77 Å². The highest BCUT2D eigenvalue weighted by atomic mass is 32.2. The van der Waals surface area contributed by atoms with Gasteiger partial charge < -0.3 is 9.84 Å². The molecule has 0 aliphatic heterocycles. The van der Waals surface area contributed by atoms with Gasteiger partial charge in [-0.25, -0.2) is 0 Å². The summed E-state index contributed by atoms with van der Waals surface area (Å²) in [6.07, 6.45) is 0. The number of H-pyrrole nitrogens is 1. The second-order valence-electron chi connectivity index (χ2n) is 4.29. The van der Waals surface area contributed by atoms with E-state index in [4.69, 9.17) is 22.1 Å². The molecule has 0 spiro atoms. The van der Waals surface area contributed by atoms with E-state index in [0.29, 0.717) is 10.3 Å². The first-order chi connectivity index (χ1) is 10.1. The fraction of sp³-hybridized carbons (Fsp3) is 0.286. The van der Waals surface area contributed by atoms with Gasteiger partial charge in [0.1, 0.15) is 6.73 Å². The highest BCUT2D eigenvalue weighted by molar-refractivity contribution is 7.99. The van der Waals surface area contributed by atoms with Crippen molar-refractivity contribution in [3.63, 3.8) is 0 Å². The molecule has 0 saturated carbocycles. The van der Waals surface area contributed by atoms with Crippen molar-refractivity contribution in [1.82, 2.24) is 9.55 Å². The Bertz CT molecular complexity index is 710. The molecule has 0 aliphatic rings. The van der Waals surface area contributed by atoms with Crippen LogP contribution in [-0.2, 0) is 11.5 Å². The van der Waals surface area contributed by atoms with Gasteiger partial charge in [-0.3, -0.25) is 14.3 Å². The van der Waals surface area contributed by atoms with E-state index in [1.165, 1.54) is 11.8 Å². The van der Waals surface area contributed by atoms with Crippen LogP contribution in [0, 0.1) is 11.7 Å². The predicted octanol–water partition coefficient (Wildman–Crippen LogP) is 2.33. The number of nitrogens with one attached hydrogen (secondary N) is 1. The van der Waals surface area contributed by atoms with Crippen LogP contribution in [0.5, 0.6) is 0 Å². The summed E-state index contributed by atoms with van der Waals surface area (Å²) in [6.45, 7) is 2.10. The Morgan fingerprint density at radius 3 is 2.76 bits per heavy atom. The molecule has 0 aliphatic carbocycles. The lowest BCUT2D eigenvalue weighted by molar-refractivity contribution is 0.0422. The van der Waals surface area contributed by atoms with Crippen LogP contribution < -0.4 is 5.56 Å². The summed E-state index contributed by atoms with van der Waals surface area (Å²) in [6, 6.07) is 9.74. The molecule has 1 aromatic heterocycles. The Kier molecular flexibility index (Phi) is 5.75. The topological polar surface area (TPSA) is 67.2 Å². The third kappa shape index (κ3) is 4.04. The van der Waals surface area contributed by atoms with Crippen LogP contribution in [0.4, 0.5) is 0 Å². The van der Waals surface area contributed by atoms with Crippen molar-refractivity contribution in [2.75, 3.05) is 13.2 Å². The second kappa shape index (κ2) is 7.56. The van der Waals surface area contributed by atoms with E-state index in [2.05, 4.69) is 4.98 Å². The third-order valence-corrected chi connectivity index (χ3v) is 4.34. The molecule has 21 heavy (non-hydrogen) atoms. The minimum atomic E-state index is -0.197. The molecule has 0 radical (unpaired) electrons. The lowest BCUT2D eigenvalue weighted by atomic mass is 10.4. The number of aliphatic hydroxyl groups is 1. The molecule has 0 unspecified atom stereocenters. The molecule has 2 rings (SSSR count). The van der Waals surface area contributed by atoms with Gasteiger partial charge in [0.2, 0.25) is 0 Å². The van der Waals surface area contributed by atoms with Crippen molar-refractivity contribution >= 4 is 24.0 Å². The molecule has 1 aromatic carbocycles. The fourth-order valence-corrected chi connectivity index (χ4v) is 3.03. The standard InChI is InChI=1S/C14H16N2O3S2/c1-10-12(18)15-14(20)16(9-19-8-7-17)13(10)21-11-5-3-2-4-6-11/h2-6,17H,7-9H2,1H3,(H,15,18,20). The van der Waals surface area contributed by atoms with E-state index in [-0.39, 0.29) is 25.5 Å². The molecule has 0 amide bonds. The van der Waals surface area contributed by atoms with E-state index >= 15 is 0 Å². The van der Waals surface area contributed by atoms with Crippen molar-refractivity contribution in [3.8, 4) is 0 Å². The van der Waals surface area contributed by atoms with Gasteiger partial charge in [0, 0.05) is 10.5 Å². The van der Waals surface area contributed by atoms with Gasteiger partial charge in [-0.1, -0.05) is 30.0 Å². The van der Waals surface area contributed by atoms with Crippen molar-refractivity contribution in [1.29, 1.82) is 0 Å². The summed E-state index contributed by atoms with van der Waals surface area (Å²) in [7, 11) is 0. The number of benzene rings is 1. The second-order valence-corrected chi connectivity index (χ2v) is 5.74. The number of hydrogen-bond donors (Lipinski definition) is 2. The van der Waals surface area contributed by atoms with Crippen molar-refractivity contribution in [2.24, 2.45) is 0 Å².